The summed E-state index contributed by atoms with van der Waals surface area (Å²) in [7, 11) is 0. The Balaban J connectivity index is 1.74. The monoisotopic (exact) mass is 236 g/mol. The van der Waals surface area contributed by atoms with Gasteiger partial charge in [-0.15, -0.1) is 11.3 Å². The van der Waals surface area contributed by atoms with Crippen LogP contribution >= 0.6 is 11.3 Å². The van der Waals surface area contributed by atoms with Crippen LogP contribution in [0.15, 0.2) is 17.5 Å². The molecule has 0 aromatic carbocycles. The molecule has 2 fully saturated rings. The number of piperidine rings is 1. The van der Waals surface area contributed by atoms with Gasteiger partial charge in [0.25, 0.3) is 0 Å². The summed E-state index contributed by atoms with van der Waals surface area (Å²) in [6, 6.07) is 3.92. The van der Waals surface area contributed by atoms with Gasteiger partial charge in [0.15, 0.2) is 0 Å². The third-order valence-electron chi connectivity index (χ3n) is 3.81. The molecule has 4 heteroatoms. The maximum absolute atomic E-state index is 12.2. The van der Waals surface area contributed by atoms with Gasteiger partial charge in [0, 0.05) is 17.5 Å². The Morgan fingerprint density at radius 1 is 1.56 bits per heavy atom. The average Bonchev–Trinajstić information content (AvgIpc) is 3.02. The van der Waals surface area contributed by atoms with Gasteiger partial charge >= 0.3 is 0 Å². The van der Waals surface area contributed by atoms with Crippen LogP contribution in [0.25, 0.3) is 0 Å². The van der Waals surface area contributed by atoms with Crippen LogP contribution in [0.2, 0.25) is 0 Å². The van der Waals surface area contributed by atoms with E-state index >= 15 is 0 Å². The molecule has 0 radical (unpaired) electrons. The smallest absolute Gasteiger partial charge is 0.245 e. The molecule has 1 aliphatic heterocycles. The highest BCUT2D eigenvalue weighted by atomic mass is 32.1. The van der Waals surface area contributed by atoms with Crippen LogP contribution in [0.3, 0.4) is 0 Å². The summed E-state index contributed by atoms with van der Waals surface area (Å²) in [6.45, 7) is 0.933. The topological polar surface area (TPSA) is 46.3 Å². The second-order valence-electron chi connectivity index (χ2n) is 4.82. The van der Waals surface area contributed by atoms with Crippen molar-refractivity contribution in [1.29, 1.82) is 0 Å². The summed E-state index contributed by atoms with van der Waals surface area (Å²) in [6.07, 6.45) is 3.67. The van der Waals surface area contributed by atoms with Crippen molar-refractivity contribution >= 4 is 17.2 Å². The van der Waals surface area contributed by atoms with Gasteiger partial charge in [-0.25, -0.2) is 0 Å². The first-order valence-electron chi connectivity index (χ1n) is 5.85. The lowest BCUT2D eigenvalue weighted by Crippen LogP contribution is -2.42. The maximum Gasteiger partial charge on any atom is 0.245 e. The molecule has 86 valence electrons. The third kappa shape index (κ3) is 1.57. The van der Waals surface area contributed by atoms with Gasteiger partial charge in [-0.2, -0.15) is 0 Å². The van der Waals surface area contributed by atoms with E-state index in [9.17, 15) is 4.79 Å². The molecule has 1 aromatic rings. The zero-order valence-electron chi connectivity index (χ0n) is 9.13. The highest BCUT2D eigenvalue weighted by Gasteiger charge is 2.41. The lowest BCUT2D eigenvalue weighted by atomic mass is 10.1. The van der Waals surface area contributed by atoms with Gasteiger partial charge in [0.1, 0.15) is 6.04 Å². The number of nitrogens with two attached hydrogens (primary N) is 1. The number of thiophene rings is 1. The molecule has 1 saturated carbocycles. The molecule has 1 aliphatic carbocycles. The molecule has 3 unspecified atom stereocenters. The molecular formula is C12H16N2OS. The van der Waals surface area contributed by atoms with E-state index in [1.165, 1.54) is 19.3 Å². The molecule has 0 spiro atoms. The quantitative estimate of drug-likeness (QED) is 0.850. The van der Waals surface area contributed by atoms with E-state index in [2.05, 4.69) is 0 Å². The molecule has 2 aliphatic rings. The Bertz CT molecular complexity index is 390. The number of carbonyl (C=O) groups is 1. The molecule has 2 N–H and O–H groups in total. The van der Waals surface area contributed by atoms with E-state index in [-0.39, 0.29) is 5.91 Å². The van der Waals surface area contributed by atoms with Crippen molar-refractivity contribution in [2.24, 2.45) is 11.7 Å². The van der Waals surface area contributed by atoms with E-state index in [1.807, 2.05) is 22.4 Å². The van der Waals surface area contributed by atoms with Gasteiger partial charge in [0.2, 0.25) is 5.91 Å². The van der Waals surface area contributed by atoms with Crippen LogP contribution in [0, 0.1) is 5.92 Å². The van der Waals surface area contributed by atoms with Crippen molar-refractivity contribution in [1.82, 2.24) is 4.90 Å². The van der Waals surface area contributed by atoms with Crippen LogP contribution < -0.4 is 5.73 Å². The highest BCUT2D eigenvalue weighted by Crippen LogP contribution is 2.38. The number of amides is 1. The lowest BCUT2D eigenvalue weighted by molar-refractivity contribution is -0.134. The number of hydrogen-bond acceptors (Lipinski definition) is 3. The minimum atomic E-state index is -0.445. The van der Waals surface area contributed by atoms with E-state index in [0.29, 0.717) is 6.04 Å². The van der Waals surface area contributed by atoms with E-state index in [1.54, 1.807) is 11.3 Å². The van der Waals surface area contributed by atoms with Crippen LogP contribution in [-0.2, 0) is 4.79 Å². The second-order valence-corrected chi connectivity index (χ2v) is 5.80. The molecule has 1 amide bonds. The number of likely N-dealkylation sites (tertiary alicyclic amines) is 1. The van der Waals surface area contributed by atoms with Gasteiger partial charge in [-0.05, 0) is 36.6 Å². The van der Waals surface area contributed by atoms with Crippen LogP contribution in [0.1, 0.15) is 30.2 Å². The Morgan fingerprint density at radius 2 is 2.44 bits per heavy atom. The van der Waals surface area contributed by atoms with Crippen molar-refractivity contribution in [2.45, 2.75) is 31.3 Å². The molecule has 2 bridgehead atoms. The number of carbonyl (C=O) groups excluding carboxylic acids is 1. The summed E-state index contributed by atoms with van der Waals surface area (Å²) in [5.41, 5.74) is 6.01. The zero-order valence-corrected chi connectivity index (χ0v) is 9.95. The Morgan fingerprint density at radius 3 is 3.00 bits per heavy atom. The molecule has 3 rings (SSSR count). The van der Waals surface area contributed by atoms with Gasteiger partial charge < -0.3 is 10.6 Å². The van der Waals surface area contributed by atoms with Gasteiger partial charge in [-0.1, -0.05) is 6.07 Å². The minimum absolute atomic E-state index is 0.120. The van der Waals surface area contributed by atoms with E-state index in [4.69, 9.17) is 5.73 Å². The van der Waals surface area contributed by atoms with Crippen molar-refractivity contribution in [3.63, 3.8) is 0 Å². The van der Waals surface area contributed by atoms with Crippen molar-refractivity contribution in [3.8, 4) is 0 Å². The summed E-state index contributed by atoms with van der Waals surface area (Å²) in [5.74, 6) is 0.860. The molecule has 1 aromatic heterocycles. The first-order chi connectivity index (χ1) is 7.75. The SMILES string of the molecule is NC(C(=O)N1CC2CCC1C2)c1cccs1. The van der Waals surface area contributed by atoms with E-state index < -0.39 is 6.04 Å². The molecule has 3 atom stereocenters. The molecule has 2 heterocycles. The zero-order chi connectivity index (χ0) is 11.1. The number of fused-ring (bicyclic) bond motifs is 2. The highest BCUT2D eigenvalue weighted by molar-refractivity contribution is 7.10. The van der Waals surface area contributed by atoms with Crippen molar-refractivity contribution in [3.05, 3.63) is 22.4 Å². The number of nitrogens with zero attached hydrogens (tertiary/aromatic N) is 1. The average molecular weight is 236 g/mol. The van der Waals surface area contributed by atoms with Crippen LogP contribution in [-0.4, -0.2) is 23.4 Å². The molecule has 3 nitrogen and oxygen atoms in total. The van der Waals surface area contributed by atoms with Crippen molar-refractivity contribution in [2.75, 3.05) is 6.54 Å². The van der Waals surface area contributed by atoms with Gasteiger partial charge in [0.05, 0.1) is 0 Å². The summed E-state index contributed by atoms with van der Waals surface area (Å²) in [5, 5.41) is 1.97. The van der Waals surface area contributed by atoms with E-state index in [0.717, 1.165) is 17.3 Å². The third-order valence-corrected chi connectivity index (χ3v) is 4.76. The Hall–Kier alpha value is -0.870. The summed E-state index contributed by atoms with van der Waals surface area (Å²) >= 11 is 1.57. The summed E-state index contributed by atoms with van der Waals surface area (Å²) < 4.78 is 0. The summed E-state index contributed by atoms with van der Waals surface area (Å²) in [4.78, 5) is 15.2. The van der Waals surface area contributed by atoms with Crippen molar-refractivity contribution < 1.29 is 4.79 Å². The fraction of sp³-hybridized carbons (Fsp3) is 0.583. The van der Waals surface area contributed by atoms with Crippen LogP contribution in [0.5, 0.6) is 0 Å². The normalized spacial score (nSPS) is 29.7. The van der Waals surface area contributed by atoms with Gasteiger partial charge in [-0.3, -0.25) is 4.79 Å². The number of rotatable bonds is 2. The largest absolute Gasteiger partial charge is 0.338 e. The maximum atomic E-state index is 12.2. The Kier molecular flexibility index (Phi) is 2.48. The molecular weight excluding hydrogens is 220 g/mol. The molecule has 1 saturated heterocycles. The lowest BCUT2D eigenvalue weighted by Gasteiger charge is -2.29. The second kappa shape index (κ2) is 3.86. The number of hydrogen-bond donors (Lipinski definition) is 1. The fourth-order valence-corrected chi connectivity index (χ4v) is 3.68. The first kappa shape index (κ1) is 10.3. The van der Waals surface area contributed by atoms with Crippen LogP contribution in [0.4, 0.5) is 0 Å². The first-order valence-corrected chi connectivity index (χ1v) is 6.73. The minimum Gasteiger partial charge on any atom is -0.338 e. The molecule has 16 heavy (non-hydrogen) atoms. The fourth-order valence-electron chi connectivity index (χ4n) is 2.96. The predicted molar refractivity (Wildman–Crippen MR) is 64.1 cm³/mol. The Labute approximate surface area is 99.2 Å². The predicted octanol–water partition coefficient (Wildman–Crippen LogP) is 1.76. The standard InChI is InChI=1S/C12H16N2OS/c13-11(10-2-1-5-16-10)12(15)14-7-8-3-4-9(14)6-8/h1-2,5,8-9,11H,3-4,6-7,13H2.